The van der Waals surface area contributed by atoms with Crippen molar-refractivity contribution in [2.24, 2.45) is 0 Å². The summed E-state index contributed by atoms with van der Waals surface area (Å²) in [5.74, 6) is 1.44. The van der Waals surface area contributed by atoms with E-state index in [-0.39, 0.29) is 5.02 Å². The minimum atomic E-state index is -0.720. The van der Waals surface area contributed by atoms with E-state index in [9.17, 15) is 9.90 Å². The third-order valence-corrected chi connectivity index (χ3v) is 6.90. The van der Waals surface area contributed by atoms with Gasteiger partial charge in [0.25, 0.3) is 0 Å². The summed E-state index contributed by atoms with van der Waals surface area (Å²) in [5, 5.41) is 15.6. The molecule has 3 heterocycles. The monoisotopic (exact) mass is 470 g/mol. The molecule has 0 amide bonds. The largest absolute Gasteiger partial charge is 0.486 e. The fourth-order valence-corrected chi connectivity index (χ4v) is 4.84. The first kappa shape index (κ1) is 22.2. The van der Waals surface area contributed by atoms with Gasteiger partial charge in [0.15, 0.2) is 11.5 Å². The Morgan fingerprint density at radius 2 is 1.94 bits per heavy atom. The molecule has 1 aromatic carbocycles. The van der Waals surface area contributed by atoms with Crippen LogP contribution in [0, 0.1) is 0 Å². The number of ether oxygens (including phenoxy) is 2. The Kier molecular flexibility index (Phi) is 6.27. The number of nitrogens with one attached hydrogen (secondary N) is 1. The summed E-state index contributed by atoms with van der Waals surface area (Å²) in [6, 6.07) is 9.62. The standard InChI is InChI=1S/C25H27ClN2O5/c26-20-12-17-3-1-2-16(23(17)33-24(20)29)4-7-25(30)8-5-18(6-9-25)27-14-19-13-21-22(15-28-19)32-11-10-31-21/h1-3,12-13,15,18,27,30H,4-11,14H2. The average Bonchev–Trinajstić information content (AvgIpc) is 2.83. The Hall–Kier alpha value is -2.61. The minimum absolute atomic E-state index is 0.0792. The van der Waals surface area contributed by atoms with Crippen LogP contribution in [0.2, 0.25) is 5.02 Å². The first-order valence-corrected chi connectivity index (χ1v) is 11.8. The number of hydrogen-bond donors (Lipinski definition) is 2. The number of rotatable bonds is 6. The zero-order valence-corrected chi connectivity index (χ0v) is 19.1. The van der Waals surface area contributed by atoms with E-state index in [1.54, 1.807) is 12.3 Å². The van der Waals surface area contributed by atoms with Crippen molar-refractivity contribution in [2.45, 2.75) is 56.7 Å². The maximum Gasteiger partial charge on any atom is 0.355 e. The van der Waals surface area contributed by atoms with Gasteiger partial charge in [-0.05, 0) is 50.2 Å². The number of benzene rings is 1. The van der Waals surface area contributed by atoms with Crippen molar-refractivity contribution in [1.82, 2.24) is 10.3 Å². The highest BCUT2D eigenvalue weighted by atomic mass is 35.5. The van der Waals surface area contributed by atoms with Gasteiger partial charge in [-0.1, -0.05) is 29.8 Å². The number of halogens is 1. The Labute approximate surface area is 196 Å². The van der Waals surface area contributed by atoms with Gasteiger partial charge in [0, 0.05) is 24.0 Å². The van der Waals surface area contributed by atoms with Crippen LogP contribution in [0.4, 0.5) is 0 Å². The number of aromatic nitrogens is 1. The van der Waals surface area contributed by atoms with Gasteiger partial charge in [0.1, 0.15) is 23.8 Å². The van der Waals surface area contributed by atoms with Crippen LogP contribution in [0.3, 0.4) is 0 Å². The fraction of sp³-hybridized carbons (Fsp3) is 0.440. The Bertz CT molecular complexity index is 1200. The number of aryl methyl sites for hydroxylation is 1. The van der Waals surface area contributed by atoms with Gasteiger partial charge < -0.3 is 24.3 Å². The van der Waals surface area contributed by atoms with E-state index >= 15 is 0 Å². The van der Waals surface area contributed by atoms with Crippen molar-refractivity contribution in [3.05, 3.63) is 63.2 Å². The fourth-order valence-electron chi connectivity index (χ4n) is 4.69. The summed E-state index contributed by atoms with van der Waals surface area (Å²) in [4.78, 5) is 16.3. The van der Waals surface area contributed by atoms with Crippen molar-refractivity contribution >= 4 is 22.6 Å². The van der Waals surface area contributed by atoms with Crippen LogP contribution in [0.1, 0.15) is 43.4 Å². The molecule has 1 aliphatic carbocycles. The molecule has 5 rings (SSSR count). The molecule has 8 heteroatoms. The molecular weight excluding hydrogens is 444 g/mol. The van der Waals surface area contributed by atoms with E-state index in [1.165, 1.54) is 0 Å². The number of fused-ring (bicyclic) bond motifs is 2. The van der Waals surface area contributed by atoms with Crippen molar-refractivity contribution in [2.75, 3.05) is 13.2 Å². The quantitative estimate of drug-likeness (QED) is 0.526. The van der Waals surface area contributed by atoms with Crippen LogP contribution in [0.5, 0.6) is 11.5 Å². The second-order valence-electron chi connectivity index (χ2n) is 8.92. The third-order valence-electron chi connectivity index (χ3n) is 6.63. The van der Waals surface area contributed by atoms with Crippen LogP contribution in [-0.2, 0) is 13.0 Å². The van der Waals surface area contributed by atoms with Crippen molar-refractivity contribution in [3.8, 4) is 11.5 Å². The summed E-state index contributed by atoms with van der Waals surface area (Å²) in [6.07, 6.45) is 6.20. The summed E-state index contributed by atoms with van der Waals surface area (Å²) in [7, 11) is 0. The van der Waals surface area contributed by atoms with E-state index in [2.05, 4.69) is 10.3 Å². The van der Waals surface area contributed by atoms with Crippen LogP contribution >= 0.6 is 11.6 Å². The first-order valence-electron chi connectivity index (χ1n) is 11.4. The lowest BCUT2D eigenvalue weighted by Crippen LogP contribution is -2.41. The molecule has 0 atom stereocenters. The predicted molar refractivity (Wildman–Crippen MR) is 125 cm³/mol. The number of para-hydroxylation sites is 1. The lowest BCUT2D eigenvalue weighted by Gasteiger charge is -2.36. The molecule has 0 bridgehead atoms. The van der Waals surface area contributed by atoms with Crippen LogP contribution in [-0.4, -0.2) is 34.9 Å². The second kappa shape index (κ2) is 9.33. The van der Waals surface area contributed by atoms with Crippen LogP contribution in [0.25, 0.3) is 11.0 Å². The molecule has 174 valence electrons. The van der Waals surface area contributed by atoms with E-state index in [0.717, 1.165) is 48.1 Å². The predicted octanol–water partition coefficient (Wildman–Crippen LogP) is 4.01. The second-order valence-corrected chi connectivity index (χ2v) is 9.32. The van der Waals surface area contributed by atoms with Gasteiger partial charge in [0.2, 0.25) is 0 Å². The highest BCUT2D eigenvalue weighted by molar-refractivity contribution is 6.30. The molecule has 7 nitrogen and oxygen atoms in total. The van der Waals surface area contributed by atoms with Crippen molar-refractivity contribution in [3.63, 3.8) is 0 Å². The normalized spacial score (nSPS) is 22.4. The lowest BCUT2D eigenvalue weighted by atomic mass is 9.78. The molecule has 0 radical (unpaired) electrons. The SMILES string of the molecule is O=c1oc2c(CCC3(O)CCC(NCc4cc5c(cn4)OCCO5)CC3)cccc2cc1Cl. The molecule has 1 saturated carbocycles. The maximum absolute atomic E-state index is 11.9. The van der Waals surface area contributed by atoms with Gasteiger partial charge in [-0.2, -0.15) is 0 Å². The van der Waals surface area contributed by atoms with E-state index < -0.39 is 11.2 Å². The average molecular weight is 471 g/mol. The molecule has 2 aliphatic rings. The molecule has 0 spiro atoms. The van der Waals surface area contributed by atoms with Gasteiger partial charge in [0.05, 0.1) is 17.5 Å². The van der Waals surface area contributed by atoms with Gasteiger partial charge >= 0.3 is 5.63 Å². The lowest BCUT2D eigenvalue weighted by molar-refractivity contribution is -0.0108. The van der Waals surface area contributed by atoms with Crippen molar-refractivity contribution in [1.29, 1.82) is 0 Å². The number of nitrogens with zero attached hydrogens (tertiary/aromatic N) is 1. The Morgan fingerprint density at radius 1 is 1.15 bits per heavy atom. The molecule has 33 heavy (non-hydrogen) atoms. The van der Waals surface area contributed by atoms with Gasteiger partial charge in [-0.15, -0.1) is 0 Å². The molecule has 0 unspecified atom stereocenters. The van der Waals surface area contributed by atoms with Crippen molar-refractivity contribution < 1.29 is 19.0 Å². The summed E-state index contributed by atoms with van der Waals surface area (Å²) in [5.41, 5.74) is 1.13. The molecule has 2 aromatic heterocycles. The number of pyridine rings is 1. The van der Waals surface area contributed by atoms with E-state index in [4.69, 9.17) is 25.5 Å². The Balaban J connectivity index is 1.15. The van der Waals surface area contributed by atoms with Gasteiger partial charge in [-0.3, -0.25) is 4.98 Å². The molecule has 0 saturated heterocycles. The summed E-state index contributed by atoms with van der Waals surface area (Å²) >= 11 is 5.90. The smallest absolute Gasteiger partial charge is 0.355 e. The summed E-state index contributed by atoms with van der Waals surface area (Å²) in [6.45, 7) is 1.77. The van der Waals surface area contributed by atoms with E-state index in [0.29, 0.717) is 50.0 Å². The molecular formula is C25H27ClN2O5. The molecule has 2 N–H and O–H groups in total. The highest BCUT2D eigenvalue weighted by Gasteiger charge is 2.33. The van der Waals surface area contributed by atoms with Gasteiger partial charge in [-0.25, -0.2) is 4.79 Å². The number of hydrogen-bond acceptors (Lipinski definition) is 7. The number of aliphatic hydroxyl groups is 1. The van der Waals surface area contributed by atoms with Crippen LogP contribution in [0.15, 0.2) is 45.7 Å². The zero-order valence-electron chi connectivity index (χ0n) is 18.3. The minimum Gasteiger partial charge on any atom is -0.486 e. The highest BCUT2D eigenvalue weighted by Crippen LogP contribution is 2.34. The Morgan fingerprint density at radius 3 is 2.76 bits per heavy atom. The van der Waals surface area contributed by atoms with E-state index in [1.807, 2.05) is 24.3 Å². The summed E-state index contributed by atoms with van der Waals surface area (Å²) < 4.78 is 16.6. The first-order chi connectivity index (χ1) is 16.0. The van der Waals surface area contributed by atoms with Crippen LogP contribution < -0.4 is 20.4 Å². The topological polar surface area (TPSA) is 93.8 Å². The molecule has 3 aromatic rings. The third kappa shape index (κ3) is 5.00. The molecule has 1 fully saturated rings. The zero-order chi connectivity index (χ0) is 22.8. The maximum atomic E-state index is 11.9. The molecule has 1 aliphatic heterocycles.